The summed E-state index contributed by atoms with van der Waals surface area (Å²) in [6, 6.07) is 8.99. The highest BCUT2D eigenvalue weighted by Crippen LogP contribution is 2.30. The molecule has 2 aromatic heterocycles. The number of para-hydroxylation sites is 1. The van der Waals surface area contributed by atoms with Crippen molar-refractivity contribution in [2.24, 2.45) is 0 Å². The van der Waals surface area contributed by atoms with Gasteiger partial charge >= 0.3 is 0 Å². The number of hydrogen-bond donors (Lipinski definition) is 2. The van der Waals surface area contributed by atoms with Crippen LogP contribution in [0, 0.1) is 6.92 Å². The van der Waals surface area contributed by atoms with Crippen molar-refractivity contribution < 1.29 is 9.59 Å². The molecular weight excluding hydrogens is 366 g/mol. The number of amides is 2. The third-order valence-corrected chi connectivity index (χ3v) is 5.50. The number of anilines is 1. The number of carbonyl (C=O) groups excluding carboxylic acids is 2. The first-order valence-corrected chi connectivity index (χ1v) is 9.93. The van der Waals surface area contributed by atoms with E-state index in [4.69, 9.17) is 0 Å². The van der Waals surface area contributed by atoms with Crippen molar-refractivity contribution in [1.29, 1.82) is 0 Å². The first-order chi connectivity index (χ1) is 12.5. The van der Waals surface area contributed by atoms with Gasteiger partial charge in [-0.05, 0) is 44.4 Å². The molecule has 0 aliphatic heterocycles. The fraction of sp³-hybridized carbons (Fsp3) is 0.211. The van der Waals surface area contributed by atoms with Crippen molar-refractivity contribution in [2.45, 2.75) is 26.8 Å². The molecule has 0 saturated carbocycles. The lowest BCUT2D eigenvalue weighted by atomic mass is 10.1. The van der Waals surface area contributed by atoms with Gasteiger partial charge < -0.3 is 10.6 Å². The summed E-state index contributed by atoms with van der Waals surface area (Å²) in [5.41, 5.74) is 2.62. The Bertz CT molecular complexity index is 930. The Balaban J connectivity index is 1.84. The lowest BCUT2D eigenvalue weighted by Crippen LogP contribution is -2.31. The minimum Gasteiger partial charge on any atom is -0.350 e. The highest BCUT2D eigenvalue weighted by Gasteiger charge is 2.19. The fourth-order valence-corrected chi connectivity index (χ4v) is 4.10. The zero-order valence-corrected chi connectivity index (χ0v) is 16.3. The summed E-state index contributed by atoms with van der Waals surface area (Å²) in [7, 11) is 0. The Labute approximate surface area is 160 Å². The lowest BCUT2D eigenvalue weighted by Gasteiger charge is -2.12. The Morgan fingerprint density at radius 3 is 2.58 bits per heavy atom. The van der Waals surface area contributed by atoms with Crippen LogP contribution in [0.4, 0.5) is 5.69 Å². The van der Waals surface area contributed by atoms with Gasteiger partial charge in [-0.15, -0.1) is 11.3 Å². The van der Waals surface area contributed by atoms with Crippen molar-refractivity contribution in [3.8, 4) is 10.6 Å². The van der Waals surface area contributed by atoms with Crippen molar-refractivity contribution in [2.75, 3.05) is 5.32 Å². The second-order valence-electron chi connectivity index (χ2n) is 6.07. The van der Waals surface area contributed by atoms with Crippen LogP contribution in [0.3, 0.4) is 0 Å². The van der Waals surface area contributed by atoms with E-state index in [1.165, 1.54) is 11.3 Å². The predicted molar refractivity (Wildman–Crippen MR) is 107 cm³/mol. The quantitative estimate of drug-likeness (QED) is 0.676. The standard InChI is InChI=1S/C19H19N3O2S2/c1-11(2)20-17(23)14-6-4-5-7-15(14)22-18(24)16-12(3)21-19(26-16)13-8-9-25-10-13/h4-11H,1-3H3,(H,20,23)(H,22,24). The van der Waals surface area contributed by atoms with E-state index >= 15 is 0 Å². The van der Waals surface area contributed by atoms with Crippen LogP contribution in [0.25, 0.3) is 10.6 Å². The molecule has 0 unspecified atom stereocenters. The fourth-order valence-electron chi connectivity index (χ4n) is 2.43. The molecule has 5 nitrogen and oxygen atoms in total. The van der Waals surface area contributed by atoms with Crippen LogP contribution in [0.15, 0.2) is 41.1 Å². The van der Waals surface area contributed by atoms with Gasteiger partial charge in [0.15, 0.2) is 0 Å². The SMILES string of the molecule is Cc1nc(-c2ccsc2)sc1C(=O)Nc1ccccc1C(=O)NC(C)C. The van der Waals surface area contributed by atoms with Gasteiger partial charge in [0, 0.05) is 17.0 Å². The summed E-state index contributed by atoms with van der Waals surface area (Å²) in [4.78, 5) is 30.1. The van der Waals surface area contributed by atoms with Gasteiger partial charge in [0.05, 0.1) is 16.9 Å². The number of aryl methyl sites for hydroxylation is 1. The number of thiazole rings is 1. The van der Waals surface area contributed by atoms with Crippen LogP contribution in [-0.2, 0) is 0 Å². The summed E-state index contributed by atoms with van der Waals surface area (Å²) < 4.78 is 0. The number of aromatic nitrogens is 1. The van der Waals surface area contributed by atoms with Gasteiger partial charge in [-0.2, -0.15) is 11.3 Å². The van der Waals surface area contributed by atoms with Crippen LogP contribution >= 0.6 is 22.7 Å². The normalized spacial score (nSPS) is 10.8. The number of hydrogen-bond acceptors (Lipinski definition) is 5. The van der Waals surface area contributed by atoms with Crippen molar-refractivity contribution in [1.82, 2.24) is 10.3 Å². The summed E-state index contributed by atoms with van der Waals surface area (Å²) in [5.74, 6) is -0.470. The predicted octanol–water partition coefficient (Wildman–Crippen LogP) is 4.57. The van der Waals surface area contributed by atoms with Crippen molar-refractivity contribution in [3.05, 3.63) is 57.2 Å². The van der Waals surface area contributed by atoms with Gasteiger partial charge in [0.2, 0.25) is 0 Å². The topological polar surface area (TPSA) is 71.1 Å². The molecule has 7 heteroatoms. The highest BCUT2D eigenvalue weighted by atomic mass is 32.1. The first-order valence-electron chi connectivity index (χ1n) is 8.17. The summed E-state index contributed by atoms with van der Waals surface area (Å²) in [6.45, 7) is 5.61. The lowest BCUT2D eigenvalue weighted by molar-refractivity contribution is 0.0944. The average Bonchev–Trinajstić information content (AvgIpc) is 3.24. The van der Waals surface area contributed by atoms with Crippen LogP contribution < -0.4 is 10.6 Å². The largest absolute Gasteiger partial charge is 0.350 e. The molecule has 0 spiro atoms. The zero-order valence-electron chi connectivity index (χ0n) is 14.7. The van der Waals surface area contributed by atoms with E-state index in [0.29, 0.717) is 21.8 Å². The highest BCUT2D eigenvalue weighted by molar-refractivity contribution is 7.17. The summed E-state index contributed by atoms with van der Waals surface area (Å²) in [6.07, 6.45) is 0. The van der Waals surface area contributed by atoms with E-state index in [9.17, 15) is 9.59 Å². The van der Waals surface area contributed by atoms with Crippen LogP contribution in [-0.4, -0.2) is 22.8 Å². The maximum Gasteiger partial charge on any atom is 0.267 e. The van der Waals surface area contributed by atoms with E-state index in [0.717, 1.165) is 10.6 Å². The summed E-state index contributed by atoms with van der Waals surface area (Å²) in [5, 5.41) is 10.5. The minimum atomic E-state index is -0.258. The molecule has 134 valence electrons. The number of thiophene rings is 1. The third kappa shape index (κ3) is 4.00. The molecule has 0 fully saturated rings. The minimum absolute atomic E-state index is 0.0168. The van der Waals surface area contributed by atoms with E-state index in [1.807, 2.05) is 37.6 Å². The zero-order chi connectivity index (χ0) is 18.7. The molecule has 2 amide bonds. The number of rotatable bonds is 5. The molecule has 0 aliphatic rings. The van der Waals surface area contributed by atoms with Gasteiger partial charge in [-0.25, -0.2) is 4.98 Å². The molecule has 3 rings (SSSR count). The molecule has 3 aromatic rings. The second kappa shape index (κ2) is 7.80. The molecule has 0 bridgehead atoms. The maximum absolute atomic E-state index is 12.7. The molecular formula is C19H19N3O2S2. The molecule has 0 aliphatic carbocycles. The van der Waals surface area contributed by atoms with E-state index in [2.05, 4.69) is 15.6 Å². The molecule has 1 aromatic carbocycles. The first kappa shape index (κ1) is 18.3. The van der Waals surface area contributed by atoms with Crippen LogP contribution in [0.2, 0.25) is 0 Å². The number of benzene rings is 1. The van der Waals surface area contributed by atoms with Crippen molar-refractivity contribution in [3.63, 3.8) is 0 Å². The maximum atomic E-state index is 12.7. The van der Waals surface area contributed by atoms with E-state index < -0.39 is 0 Å². The second-order valence-corrected chi connectivity index (χ2v) is 7.85. The van der Waals surface area contributed by atoms with Gasteiger partial charge in [0.1, 0.15) is 9.88 Å². The third-order valence-electron chi connectivity index (χ3n) is 3.61. The molecule has 2 heterocycles. The van der Waals surface area contributed by atoms with Crippen LogP contribution in [0.1, 0.15) is 39.6 Å². The Hall–Kier alpha value is -2.51. The average molecular weight is 386 g/mol. The van der Waals surface area contributed by atoms with Crippen molar-refractivity contribution >= 4 is 40.2 Å². The Kier molecular flexibility index (Phi) is 5.49. The number of carbonyl (C=O) groups is 2. The van der Waals surface area contributed by atoms with E-state index in [-0.39, 0.29) is 17.9 Å². The molecule has 0 radical (unpaired) electrons. The molecule has 0 saturated heterocycles. The Morgan fingerprint density at radius 1 is 1.12 bits per heavy atom. The van der Waals surface area contributed by atoms with Gasteiger partial charge in [0.25, 0.3) is 11.8 Å². The van der Waals surface area contributed by atoms with Gasteiger partial charge in [-0.3, -0.25) is 9.59 Å². The summed E-state index contributed by atoms with van der Waals surface area (Å²) >= 11 is 2.94. The monoisotopic (exact) mass is 385 g/mol. The van der Waals surface area contributed by atoms with Crippen LogP contribution in [0.5, 0.6) is 0 Å². The molecule has 2 N–H and O–H groups in total. The smallest absolute Gasteiger partial charge is 0.267 e. The Morgan fingerprint density at radius 2 is 1.88 bits per heavy atom. The molecule has 26 heavy (non-hydrogen) atoms. The molecule has 0 atom stereocenters. The number of nitrogens with zero attached hydrogens (tertiary/aromatic N) is 1. The van der Waals surface area contributed by atoms with E-state index in [1.54, 1.807) is 35.6 Å². The van der Waals surface area contributed by atoms with Gasteiger partial charge in [-0.1, -0.05) is 12.1 Å². The number of nitrogens with one attached hydrogen (secondary N) is 2.